The zero-order valence-electron chi connectivity index (χ0n) is 5.32. The molecule has 1 rings (SSSR count). The van der Waals surface area contributed by atoms with Gasteiger partial charge in [0.1, 0.15) is 6.10 Å². The van der Waals surface area contributed by atoms with Gasteiger partial charge in [0.05, 0.1) is 0 Å². The topological polar surface area (TPSA) is 37.3 Å². The van der Waals surface area contributed by atoms with E-state index in [-0.39, 0.29) is 0 Å². The Labute approximate surface area is 59.1 Å². The molecule has 0 saturated carbocycles. The summed E-state index contributed by atoms with van der Waals surface area (Å²) in [5.41, 5.74) is 0.581. The minimum absolute atomic E-state index is 0.581. The molecule has 0 amide bonds. The van der Waals surface area contributed by atoms with E-state index in [1.807, 2.05) is 6.07 Å². The number of rotatable bonds is 2. The van der Waals surface area contributed by atoms with Crippen molar-refractivity contribution in [2.24, 2.45) is 0 Å². The van der Waals surface area contributed by atoms with Crippen LogP contribution in [-0.2, 0) is 4.79 Å². The number of aliphatic hydroxyl groups excluding tert-OH is 1. The lowest BCUT2D eigenvalue weighted by atomic mass is 10.1. The average Bonchev–Trinajstić information content (AvgIpc) is 2.05. The van der Waals surface area contributed by atoms with Crippen LogP contribution in [0.25, 0.3) is 0 Å². The number of benzene rings is 1. The fourth-order valence-corrected chi connectivity index (χ4v) is 0.703. The predicted octanol–water partition coefficient (Wildman–Crippen LogP) is 0.830. The third kappa shape index (κ3) is 1.42. The summed E-state index contributed by atoms with van der Waals surface area (Å²) in [6.07, 6.45) is 0.391. The first kappa shape index (κ1) is 6.96. The van der Waals surface area contributed by atoms with Gasteiger partial charge in [0.25, 0.3) is 0 Å². The molecular weight excluding hydrogens is 128 g/mol. The minimum atomic E-state index is -1.10. The van der Waals surface area contributed by atoms with Gasteiger partial charge in [-0.2, -0.15) is 0 Å². The molecule has 1 atom stereocenters. The van der Waals surface area contributed by atoms with Crippen molar-refractivity contribution in [3.63, 3.8) is 0 Å². The van der Waals surface area contributed by atoms with E-state index in [4.69, 9.17) is 5.11 Å². The summed E-state index contributed by atoms with van der Waals surface area (Å²) >= 11 is 0. The number of hydrogen-bond acceptors (Lipinski definition) is 2. The lowest BCUT2D eigenvalue weighted by Gasteiger charge is -1.98. The molecule has 2 heteroatoms. The highest BCUT2D eigenvalue weighted by Crippen LogP contribution is 2.07. The maximum Gasteiger partial charge on any atom is 0.234 e. The molecule has 0 aliphatic heterocycles. The van der Waals surface area contributed by atoms with Crippen LogP contribution in [0.2, 0.25) is 0 Å². The van der Waals surface area contributed by atoms with Crippen LogP contribution >= 0.6 is 0 Å². The second-order valence-electron chi connectivity index (χ2n) is 1.93. The summed E-state index contributed by atoms with van der Waals surface area (Å²) in [6.45, 7) is 0. The van der Waals surface area contributed by atoms with Crippen molar-refractivity contribution in [2.75, 3.05) is 0 Å². The molecule has 0 saturated heterocycles. The quantitative estimate of drug-likeness (QED) is 0.652. The van der Waals surface area contributed by atoms with E-state index >= 15 is 0 Å². The number of hydrogen-bond donors (Lipinski definition) is 1. The van der Waals surface area contributed by atoms with Crippen molar-refractivity contribution in [1.82, 2.24) is 0 Å². The Morgan fingerprint density at radius 2 is 1.90 bits per heavy atom. The lowest BCUT2D eigenvalue weighted by Crippen LogP contribution is -1.96. The first-order valence-electron chi connectivity index (χ1n) is 2.95. The molecule has 0 spiro atoms. The Kier molecular flexibility index (Phi) is 2.18. The zero-order valence-corrected chi connectivity index (χ0v) is 5.32. The fourth-order valence-electron chi connectivity index (χ4n) is 0.703. The first-order chi connectivity index (χ1) is 4.84. The van der Waals surface area contributed by atoms with E-state index in [9.17, 15) is 4.79 Å². The fraction of sp³-hybridized carbons (Fsp3) is 0.125. The van der Waals surface area contributed by atoms with Crippen LogP contribution in [0.1, 0.15) is 11.7 Å². The molecule has 1 aromatic carbocycles. The summed E-state index contributed by atoms with van der Waals surface area (Å²) in [5, 5.41) is 8.91. The monoisotopic (exact) mass is 135 g/mol. The van der Waals surface area contributed by atoms with Crippen LogP contribution in [0.3, 0.4) is 0 Å². The van der Waals surface area contributed by atoms with Crippen molar-refractivity contribution in [2.45, 2.75) is 6.10 Å². The van der Waals surface area contributed by atoms with Gasteiger partial charge in [0.15, 0.2) is 0 Å². The van der Waals surface area contributed by atoms with Gasteiger partial charge >= 0.3 is 0 Å². The molecular formula is C8H7O2. The Hall–Kier alpha value is -1.15. The molecule has 51 valence electrons. The van der Waals surface area contributed by atoms with Gasteiger partial charge in [-0.1, -0.05) is 30.3 Å². The van der Waals surface area contributed by atoms with Crippen LogP contribution in [0, 0.1) is 0 Å². The second kappa shape index (κ2) is 3.13. The van der Waals surface area contributed by atoms with E-state index < -0.39 is 6.10 Å². The summed E-state index contributed by atoms with van der Waals surface area (Å²) in [6, 6.07) is 8.69. The number of aliphatic hydroxyl groups is 1. The van der Waals surface area contributed by atoms with Crippen LogP contribution in [0.5, 0.6) is 0 Å². The molecule has 2 nitrogen and oxygen atoms in total. The molecule has 1 N–H and O–H groups in total. The Balaban J connectivity index is 2.84. The Bertz CT molecular complexity index is 206. The maximum atomic E-state index is 9.93. The molecule has 0 aliphatic carbocycles. The first-order valence-corrected chi connectivity index (χ1v) is 2.95. The Morgan fingerprint density at radius 3 is 2.40 bits per heavy atom. The lowest BCUT2D eigenvalue weighted by molar-refractivity contribution is 0.240. The van der Waals surface area contributed by atoms with Gasteiger partial charge in [-0.25, -0.2) is 0 Å². The van der Waals surface area contributed by atoms with E-state index in [0.29, 0.717) is 5.56 Å². The molecule has 1 unspecified atom stereocenters. The van der Waals surface area contributed by atoms with E-state index in [0.717, 1.165) is 0 Å². The van der Waals surface area contributed by atoms with Gasteiger partial charge in [-0.3, -0.25) is 4.79 Å². The van der Waals surface area contributed by atoms with E-state index in [1.54, 1.807) is 24.3 Å². The van der Waals surface area contributed by atoms with Gasteiger partial charge < -0.3 is 5.11 Å². The third-order valence-corrected chi connectivity index (χ3v) is 1.23. The normalized spacial score (nSPS) is 12.5. The van der Waals surface area contributed by atoms with Crippen molar-refractivity contribution in [1.29, 1.82) is 0 Å². The van der Waals surface area contributed by atoms with Gasteiger partial charge in [-0.15, -0.1) is 0 Å². The molecule has 1 radical (unpaired) electrons. The molecule has 0 heterocycles. The standard InChI is InChI=1S/C8H7O2/c9-6-8(10)7-4-2-1-3-5-7/h1-5,8,10H. The number of carbonyl (C=O) groups excluding carboxylic acids is 1. The summed E-state index contributed by atoms with van der Waals surface area (Å²) in [7, 11) is 0. The smallest absolute Gasteiger partial charge is 0.234 e. The van der Waals surface area contributed by atoms with Crippen molar-refractivity contribution in [3.05, 3.63) is 35.9 Å². The van der Waals surface area contributed by atoms with Crippen LogP contribution in [0.15, 0.2) is 30.3 Å². The SMILES string of the molecule is O=[C]C(O)c1ccccc1. The van der Waals surface area contributed by atoms with Crippen molar-refractivity contribution < 1.29 is 9.90 Å². The average molecular weight is 135 g/mol. The van der Waals surface area contributed by atoms with Gasteiger partial charge in [0.2, 0.25) is 6.29 Å². The maximum absolute atomic E-state index is 9.93. The summed E-state index contributed by atoms with van der Waals surface area (Å²) in [5.74, 6) is 0. The Morgan fingerprint density at radius 1 is 1.30 bits per heavy atom. The van der Waals surface area contributed by atoms with E-state index in [2.05, 4.69) is 0 Å². The third-order valence-electron chi connectivity index (χ3n) is 1.23. The van der Waals surface area contributed by atoms with Crippen LogP contribution in [-0.4, -0.2) is 11.4 Å². The second-order valence-corrected chi connectivity index (χ2v) is 1.93. The highest BCUT2D eigenvalue weighted by molar-refractivity contribution is 5.60. The van der Waals surface area contributed by atoms with Crippen molar-refractivity contribution >= 4 is 6.29 Å². The molecule has 1 aromatic rings. The van der Waals surface area contributed by atoms with E-state index in [1.165, 1.54) is 6.29 Å². The van der Waals surface area contributed by atoms with Gasteiger partial charge in [0, 0.05) is 0 Å². The summed E-state index contributed by atoms with van der Waals surface area (Å²) in [4.78, 5) is 9.93. The highest BCUT2D eigenvalue weighted by Gasteiger charge is 2.03. The van der Waals surface area contributed by atoms with Crippen LogP contribution in [0.4, 0.5) is 0 Å². The van der Waals surface area contributed by atoms with Crippen LogP contribution < -0.4 is 0 Å². The predicted molar refractivity (Wildman–Crippen MR) is 37.1 cm³/mol. The zero-order chi connectivity index (χ0) is 7.40. The molecule has 0 fully saturated rings. The molecule has 10 heavy (non-hydrogen) atoms. The minimum Gasteiger partial charge on any atom is -0.380 e. The molecule has 0 aliphatic rings. The summed E-state index contributed by atoms with van der Waals surface area (Å²) < 4.78 is 0. The van der Waals surface area contributed by atoms with Gasteiger partial charge in [-0.05, 0) is 5.56 Å². The largest absolute Gasteiger partial charge is 0.380 e. The molecule has 0 bridgehead atoms. The van der Waals surface area contributed by atoms with Crippen molar-refractivity contribution in [3.8, 4) is 0 Å². The highest BCUT2D eigenvalue weighted by atomic mass is 16.3. The molecule has 0 aromatic heterocycles.